The van der Waals surface area contributed by atoms with Crippen LogP contribution in [-0.2, 0) is 0 Å². The van der Waals surface area contributed by atoms with Crippen molar-refractivity contribution in [3.05, 3.63) is 182 Å². The highest BCUT2D eigenvalue weighted by Crippen LogP contribution is 2.40. The molecule has 0 saturated carbocycles. The molecule has 4 heteroatoms. The van der Waals surface area contributed by atoms with Crippen LogP contribution in [0.1, 0.15) is 0 Å². The molecule has 0 spiro atoms. The summed E-state index contributed by atoms with van der Waals surface area (Å²) in [5, 5.41) is 8.03. The first-order valence-corrected chi connectivity index (χ1v) is 17.9. The molecule has 246 valence electrons. The molecule has 0 unspecified atom stereocenters. The van der Waals surface area contributed by atoms with Gasteiger partial charge in [0.05, 0.1) is 39.0 Å². The standard InChI is InChI=1S/C49H30N4/c1-3-11-31(12-4-1)47-39-19-8-7-18-38(39)40-30-46-42(29-44(40)52-47)41-28-35(23-25-45(41)53(46)37-16-5-2-6-17-37)34-13-9-14-36(27-34)43-24-22-33-21-20-32-15-10-26-50-48(32)49(33)51-43/h1-30H. The lowest BCUT2D eigenvalue weighted by Crippen LogP contribution is -1.94. The Morgan fingerprint density at radius 3 is 1.94 bits per heavy atom. The van der Waals surface area contributed by atoms with Gasteiger partial charge in [-0.1, -0.05) is 121 Å². The normalized spacial score (nSPS) is 11.8. The molecule has 11 aromatic rings. The van der Waals surface area contributed by atoms with Gasteiger partial charge in [-0.2, -0.15) is 0 Å². The number of hydrogen-bond acceptors (Lipinski definition) is 3. The van der Waals surface area contributed by atoms with Crippen LogP contribution in [-0.4, -0.2) is 19.5 Å². The SMILES string of the molecule is c1ccc(-c2nc3cc4c5cc(-c6cccc(-c7ccc8ccc9cccnc9c8n7)c6)ccc5n(-c5ccccc5)c4cc3c3ccccc23)cc1. The zero-order chi connectivity index (χ0) is 34.9. The number of benzene rings is 7. The predicted molar refractivity (Wildman–Crippen MR) is 220 cm³/mol. The van der Waals surface area contributed by atoms with Gasteiger partial charge in [0.25, 0.3) is 0 Å². The highest BCUT2D eigenvalue weighted by molar-refractivity contribution is 6.19. The number of nitrogens with zero attached hydrogens (tertiary/aromatic N) is 4. The quantitative estimate of drug-likeness (QED) is 0.175. The summed E-state index contributed by atoms with van der Waals surface area (Å²) in [4.78, 5) is 15.2. The van der Waals surface area contributed by atoms with E-state index < -0.39 is 0 Å². The molecule has 0 radical (unpaired) electrons. The van der Waals surface area contributed by atoms with Crippen molar-refractivity contribution in [1.82, 2.24) is 19.5 Å². The van der Waals surface area contributed by atoms with E-state index in [4.69, 9.17) is 9.97 Å². The maximum absolute atomic E-state index is 5.36. The van der Waals surface area contributed by atoms with Crippen molar-refractivity contribution in [2.24, 2.45) is 0 Å². The number of hydrogen-bond donors (Lipinski definition) is 0. The molecule has 4 nitrogen and oxygen atoms in total. The Morgan fingerprint density at radius 2 is 1.08 bits per heavy atom. The average molecular weight is 675 g/mol. The Labute approximate surface area is 305 Å². The maximum atomic E-state index is 5.36. The summed E-state index contributed by atoms with van der Waals surface area (Å²) < 4.78 is 2.39. The lowest BCUT2D eigenvalue weighted by atomic mass is 9.98. The molecule has 0 aliphatic carbocycles. The van der Waals surface area contributed by atoms with Gasteiger partial charge in [-0.3, -0.25) is 4.98 Å². The molecule has 0 saturated heterocycles. The summed E-state index contributed by atoms with van der Waals surface area (Å²) in [5.74, 6) is 0. The van der Waals surface area contributed by atoms with Gasteiger partial charge >= 0.3 is 0 Å². The second kappa shape index (κ2) is 11.7. The molecule has 53 heavy (non-hydrogen) atoms. The van der Waals surface area contributed by atoms with Gasteiger partial charge in [0, 0.05) is 55.3 Å². The third-order valence-corrected chi connectivity index (χ3v) is 10.6. The van der Waals surface area contributed by atoms with E-state index in [1.54, 1.807) is 0 Å². The Kier molecular flexibility index (Phi) is 6.52. The van der Waals surface area contributed by atoms with E-state index in [0.29, 0.717) is 0 Å². The summed E-state index contributed by atoms with van der Waals surface area (Å²) in [5.41, 5.74) is 12.7. The van der Waals surface area contributed by atoms with Crippen LogP contribution in [0.25, 0.3) is 105 Å². The molecule has 0 aliphatic heterocycles. The fourth-order valence-corrected chi connectivity index (χ4v) is 8.06. The monoisotopic (exact) mass is 674 g/mol. The minimum Gasteiger partial charge on any atom is -0.309 e. The number of pyridine rings is 3. The van der Waals surface area contributed by atoms with Crippen molar-refractivity contribution in [2.75, 3.05) is 0 Å². The molecule has 4 aromatic heterocycles. The maximum Gasteiger partial charge on any atom is 0.0972 e. The smallest absolute Gasteiger partial charge is 0.0972 e. The second-order valence-corrected chi connectivity index (χ2v) is 13.7. The number of fused-ring (bicyclic) bond motifs is 9. The summed E-state index contributed by atoms with van der Waals surface area (Å²) in [6, 6.07) is 62.6. The van der Waals surface area contributed by atoms with Gasteiger partial charge in [-0.05, 0) is 71.1 Å². The van der Waals surface area contributed by atoms with Crippen molar-refractivity contribution < 1.29 is 0 Å². The zero-order valence-corrected chi connectivity index (χ0v) is 28.6. The van der Waals surface area contributed by atoms with Crippen molar-refractivity contribution >= 4 is 65.3 Å². The van der Waals surface area contributed by atoms with E-state index in [1.165, 1.54) is 16.2 Å². The summed E-state index contributed by atoms with van der Waals surface area (Å²) in [7, 11) is 0. The van der Waals surface area contributed by atoms with Gasteiger partial charge in [0.1, 0.15) is 0 Å². The molecular weight excluding hydrogens is 645 g/mol. The molecular formula is C49H30N4. The Hall–Kier alpha value is -7.17. The Balaban J connectivity index is 1.13. The van der Waals surface area contributed by atoms with Crippen LogP contribution >= 0.6 is 0 Å². The molecule has 0 N–H and O–H groups in total. The van der Waals surface area contributed by atoms with E-state index >= 15 is 0 Å². The van der Waals surface area contributed by atoms with Gasteiger partial charge in [-0.25, -0.2) is 9.97 Å². The fraction of sp³-hybridized carbons (Fsp3) is 0. The van der Waals surface area contributed by atoms with E-state index in [-0.39, 0.29) is 0 Å². The van der Waals surface area contributed by atoms with Crippen LogP contribution in [0.2, 0.25) is 0 Å². The van der Waals surface area contributed by atoms with E-state index in [0.717, 1.165) is 88.5 Å². The number of para-hydroxylation sites is 1. The van der Waals surface area contributed by atoms with Crippen LogP contribution in [0, 0.1) is 0 Å². The lowest BCUT2D eigenvalue weighted by Gasteiger charge is -2.12. The van der Waals surface area contributed by atoms with Gasteiger partial charge in [0.2, 0.25) is 0 Å². The first-order chi connectivity index (χ1) is 26.3. The molecule has 11 rings (SSSR count). The minimum atomic E-state index is 0.921. The topological polar surface area (TPSA) is 43.6 Å². The van der Waals surface area contributed by atoms with Crippen molar-refractivity contribution in [3.63, 3.8) is 0 Å². The van der Waals surface area contributed by atoms with Crippen LogP contribution in [0.15, 0.2) is 182 Å². The number of aromatic nitrogens is 4. The summed E-state index contributed by atoms with van der Waals surface area (Å²) in [6.07, 6.45) is 1.84. The predicted octanol–water partition coefficient (Wildman–Crippen LogP) is 12.6. The van der Waals surface area contributed by atoms with Gasteiger partial charge < -0.3 is 4.57 Å². The fourth-order valence-electron chi connectivity index (χ4n) is 8.06. The zero-order valence-electron chi connectivity index (χ0n) is 28.6. The average Bonchev–Trinajstić information content (AvgIpc) is 3.55. The Morgan fingerprint density at radius 1 is 0.377 bits per heavy atom. The van der Waals surface area contributed by atoms with Crippen LogP contribution < -0.4 is 0 Å². The molecule has 0 atom stereocenters. The Bertz CT molecular complexity index is 3220. The van der Waals surface area contributed by atoms with Crippen molar-refractivity contribution in [2.45, 2.75) is 0 Å². The first-order valence-electron chi connectivity index (χ1n) is 17.9. The van der Waals surface area contributed by atoms with E-state index in [9.17, 15) is 0 Å². The van der Waals surface area contributed by atoms with Crippen molar-refractivity contribution in [1.29, 1.82) is 0 Å². The number of rotatable bonds is 4. The molecule has 7 aromatic carbocycles. The molecule has 0 bridgehead atoms. The summed E-state index contributed by atoms with van der Waals surface area (Å²) in [6.45, 7) is 0. The molecule has 4 heterocycles. The van der Waals surface area contributed by atoms with E-state index in [1.807, 2.05) is 12.3 Å². The molecule has 0 fully saturated rings. The minimum absolute atomic E-state index is 0.921. The van der Waals surface area contributed by atoms with Crippen LogP contribution in [0.5, 0.6) is 0 Å². The molecule has 0 aliphatic rings. The largest absolute Gasteiger partial charge is 0.309 e. The van der Waals surface area contributed by atoms with Crippen molar-refractivity contribution in [3.8, 4) is 39.3 Å². The van der Waals surface area contributed by atoms with Gasteiger partial charge in [-0.15, -0.1) is 0 Å². The molecule has 0 amide bonds. The van der Waals surface area contributed by atoms with Crippen LogP contribution in [0.3, 0.4) is 0 Å². The summed E-state index contributed by atoms with van der Waals surface area (Å²) >= 11 is 0. The highest BCUT2D eigenvalue weighted by Gasteiger charge is 2.18. The first kappa shape index (κ1) is 29.5. The third-order valence-electron chi connectivity index (χ3n) is 10.6. The van der Waals surface area contributed by atoms with Crippen LogP contribution in [0.4, 0.5) is 0 Å². The lowest BCUT2D eigenvalue weighted by molar-refractivity contribution is 1.18. The third kappa shape index (κ3) is 4.73. The van der Waals surface area contributed by atoms with Gasteiger partial charge in [0.15, 0.2) is 0 Å². The highest BCUT2D eigenvalue weighted by atomic mass is 15.0. The van der Waals surface area contributed by atoms with E-state index in [2.05, 4.69) is 179 Å². The second-order valence-electron chi connectivity index (χ2n) is 13.7.